The zero-order chi connectivity index (χ0) is 22.6. The standard InChI is InChI=1S/C23H24F3N5/c1-15(30-19(27)11-12-20(28)31-21(29)23(24,25)26)16-7-9-18(10-8-16)22(13-14-22)17-5-3-2-4-6-17/h2-12,15H,13-14H2,1H3,(H2,27,30)(H3,28,29,31)/b12-11-. The lowest BCUT2D eigenvalue weighted by molar-refractivity contribution is -0.0597. The molecule has 0 aromatic heterocycles. The van der Waals surface area contributed by atoms with Gasteiger partial charge in [0.2, 0.25) is 5.84 Å². The predicted octanol–water partition coefficient (Wildman–Crippen LogP) is 4.64. The van der Waals surface area contributed by atoms with Gasteiger partial charge in [-0.15, -0.1) is 0 Å². The van der Waals surface area contributed by atoms with E-state index >= 15 is 0 Å². The smallest absolute Gasteiger partial charge is 0.384 e. The number of hydrogen-bond acceptors (Lipinski definition) is 2. The van der Waals surface area contributed by atoms with Crippen molar-refractivity contribution in [3.05, 3.63) is 83.4 Å². The number of benzene rings is 2. The molecule has 1 saturated carbocycles. The Morgan fingerprint density at radius 2 is 1.58 bits per heavy atom. The third kappa shape index (κ3) is 5.39. The second kappa shape index (κ2) is 8.75. The lowest BCUT2D eigenvalue weighted by atomic mass is 9.87. The number of hydrogen-bond donors (Lipinski definition) is 3. The van der Waals surface area contributed by atoms with Crippen LogP contribution in [0.25, 0.3) is 0 Å². The molecule has 0 saturated heterocycles. The van der Waals surface area contributed by atoms with E-state index in [-0.39, 0.29) is 17.3 Å². The first-order chi connectivity index (χ1) is 14.6. The van der Waals surface area contributed by atoms with Crippen molar-refractivity contribution in [1.29, 1.82) is 5.41 Å². The second-order valence-corrected chi connectivity index (χ2v) is 7.51. The summed E-state index contributed by atoms with van der Waals surface area (Å²) in [4.78, 5) is 7.30. The van der Waals surface area contributed by atoms with E-state index in [0.29, 0.717) is 0 Å². The van der Waals surface area contributed by atoms with Crippen molar-refractivity contribution in [2.45, 2.75) is 37.4 Å². The van der Waals surface area contributed by atoms with Crippen molar-refractivity contribution in [3.63, 3.8) is 0 Å². The van der Waals surface area contributed by atoms with Crippen molar-refractivity contribution in [2.75, 3.05) is 0 Å². The van der Waals surface area contributed by atoms with Crippen molar-refractivity contribution < 1.29 is 13.2 Å². The highest BCUT2D eigenvalue weighted by Gasteiger charge is 2.45. The van der Waals surface area contributed by atoms with Crippen molar-refractivity contribution in [2.24, 2.45) is 21.5 Å². The fraction of sp³-hybridized carbons (Fsp3) is 0.261. The van der Waals surface area contributed by atoms with Gasteiger partial charge in [-0.05, 0) is 48.6 Å². The maximum atomic E-state index is 12.3. The summed E-state index contributed by atoms with van der Waals surface area (Å²) in [5.41, 5.74) is 14.2. The van der Waals surface area contributed by atoms with Gasteiger partial charge in [-0.2, -0.15) is 13.2 Å². The Balaban J connectivity index is 1.67. The molecule has 0 heterocycles. The zero-order valence-corrected chi connectivity index (χ0v) is 17.0. The molecule has 0 bridgehead atoms. The van der Waals surface area contributed by atoms with E-state index in [0.717, 1.165) is 24.5 Å². The first-order valence-corrected chi connectivity index (χ1v) is 9.79. The molecule has 2 aromatic rings. The lowest BCUT2D eigenvalue weighted by Crippen LogP contribution is -2.32. The Hall–Kier alpha value is -3.42. The maximum absolute atomic E-state index is 12.3. The molecule has 0 spiro atoms. The van der Waals surface area contributed by atoms with Crippen LogP contribution in [0.4, 0.5) is 13.2 Å². The van der Waals surface area contributed by atoms with Gasteiger partial charge in [0.05, 0.1) is 6.04 Å². The topological polar surface area (TPSA) is 101 Å². The normalized spacial score (nSPS) is 17.5. The lowest BCUT2D eigenvalue weighted by Gasteiger charge is -2.17. The molecule has 3 rings (SSSR count). The van der Waals surface area contributed by atoms with Gasteiger partial charge in [0.15, 0.2) is 0 Å². The first kappa shape index (κ1) is 22.3. The van der Waals surface area contributed by atoms with Gasteiger partial charge in [0.1, 0.15) is 11.7 Å². The molecule has 1 unspecified atom stereocenters. The molecule has 1 aliphatic rings. The Kier molecular flexibility index (Phi) is 6.29. The zero-order valence-electron chi connectivity index (χ0n) is 17.0. The Morgan fingerprint density at radius 1 is 1.00 bits per heavy atom. The van der Waals surface area contributed by atoms with Gasteiger partial charge in [0.25, 0.3) is 0 Å². The highest BCUT2D eigenvalue weighted by Crippen LogP contribution is 2.53. The monoisotopic (exact) mass is 427 g/mol. The molecule has 0 amide bonds. The molecule has 31 heavy (non-hydrogen) atoms. The molecule has 2 aromatic carbocycles. The molecular formula is C23H24F3N5. The summed E-state index contributed by atoms with van der Waals surface area (Å²) in [5, 5.41) is 7.43. The second-order valence-electron chi connectivity index (χ2n) is 7.51. The highest BCUT2D eigenvalue weighted by atomic mass is 19.4. The van der Waals surface area contributed by atoms with Crippen LogP contribution in [0.1, 0.15) is 42.5 Å². The molecule has 5 nitrogen and oxygen atoms in total. The number of nitrogens with two attached hydrogens (primary N) is 2. The van der Waals surface area contributed by atoms with Gasteiger partial charge in [-0.25, -0.2) is 4.99 Å². The molecule has 8 heteroatoms. The minimum Gasteiger partial charge on any atom is -0.384 e. The van der Waals surface area contributed by atoms with E-state index in [4.69, 9.17) is 16.9 Å². The van der Waals surface area contributed by atoms with Crippen LogP contribution in [0.15, 0.2) is 76.7 Å². The van der Waals surface area contributed by atoms with E-state index in [9.17, 15) is 13.2 Å². The van der Waals surface area contributed by atoms with E-state index in [2.05, 4.69) is 46.4 Å². The van der Waals surface area contributed by atoms with Crippen molar-refractivity contribution >= 4 is 17.5 Å². The van der Waals surface area contributed by atoms with Crippen LogP contribution >= 0.6 is 0 Å². The highest BCUT2D eigenvalue weighted by molar-refractivity contribution is 6.05. The Labute approximate surface area is 178 Å². The number of alkyl halides is 3. The van der Waals surface area contributed by atoms with Gasteiger partial charge >= 0.3 is 6.18 Å². The average molecular weight is 427 g/mol. The fourth-order valence-corrected chi connectivity index (χ4v) is 3.44. The number of rotatable bonds is 6. The summed E-state index contributed by atoms with van der Waals surface area (Å²) >= 11 is 0. The number of amidine groups is 3. The van der Waals surface area contributed by atoms with Crippen LogP contribution in [0, 0.1) is 5.41 Å². The van der Waals surface area contributed by atoms with Gasteiger partial charge in [0, 0.05) is 5.41 Å². The SMILES string of the molecule is CC(N=C(N)/C=C\C(=N)N=C(N)C(F)(F)F)c1ccc(C2(c3ccccc3)CC2)cc1. The van der Waals surface area contributed by atoms with E-state index in [1.807, 2.05) is 25.1 Å². The average Bonchev–Trinajstić information content (AvgIpc) is 3.54. The molecule has 5 N–H and O–H groups in total. The number of nitrogens with zero attached hydrogens (tertiary/aromatic N) is 2. The summed E-state index contributed by atoms with van der Waals surface area (Å²) in [5.74, 6) is -2.18. The van der Waals surface area contributed by atoms with Crippen LogP contribution < -0.4 is 11.5 Å². The van der Waals surface area contributed by atoms with Crippen LogP contribution in [0.5, 0.6) is 0 Å². The van der Waals surface area contributed by atoms with Crippen LogP contribution in [0.3, 0.4) is 0 Å². The molecule has 1 fully saturated rings. The van der Waals surface area contributed by atoms with E-state index in [1.165, 1.54) is 17.2 Å². The van der Waals surface area contributed by atoms with Crippen molar-refractivity contribution in [1.82, 2.24) is 0 Å². The summed E-state index contributed by atoms with van der Waals surface area (Å²) in [7, 11) is 0. The van der Waals surface area contributed by atoms with E-state index in [1.54, 1.807) is 0 Å². The van der Waals surface area contributed by atoms with Crippen LogP contribution in [0.2, 0.25) is 0 Å². The van der Waals surface area contributed by atoms with Crippen LogP contribution in [-0.4, -0.2) is 23.7 Å². The summed E-state index contributed by atoms with van der Waals surface area (Å²) < 4.78 is 37.0. The first-order valence-electron chi connectivity index (χ1n) is 9.79. The number of nitrogens with one attached hydrogen (secondary N) is 1. The maximum Gasteiger partial charge on any atom is 0.449 e. The molecule has 0 radical (unpaired) electrons. The quantitative estimate of drug-likeness (QED) is 0.462. The molecule has 1 atom stereocenters. The van der Waals surface area contributed by atoms with Crippen molar-refractivity contribution in [3.8, 4) is 0 Å². The molecule has 0 aliphatic heterocycles. The van der Waals surface area contributed by atoms with E-state index < -0.39 is 17.8 Å². The third-order valence-corrected chi connectivity index (χ3v) is 5.31. The largest absolute Gasteiger partial charge is 0.449 e. The minimum atomic E-state index is -4.78. The van der Waals surface area contributed by atoms with Gasteiger partial charge in [-0.3, -0.25) is 10.4 Å². The summed E-state index contributed by atoms with van der Waals surface area (Å²) in [6, 6.07) is 18.4. The Bertz CT molecular complexity index is 1020. The molecular weight excluding hydrogens is 403 g/mol. The fourth-order valence-electron chi connectivity index (χ4n) is 3.44. The van der Waals surface area contributed by atoms with Crippen LogP contribution in [-0.2, 0) is 5.41 Å². The minimum absolute atomic E-state index is 0.0741. The summed E-state index contributed by atoms with van der Waals surface area (Å²) in [6.45, 7) is 1.87. The summed E-state index contributed by atoms with van der Waals surface area (Å²) in [6.07, 6.45) is -0.289. The van der Waals surface area contributed by atoms with Gasteiger partial charge in [-0.1, -0.05) is 54.6 Å². The predicted molar refractivity (Wildman–Crippen MR) is 117 cm³/mol. The molecule has 1 aliphatic carbocycles. The molecule has 162 valence electrons. The Morgan fingerprint density at radius 3 is 2.13 bits per heavy atom. The number of aliphatic imine (C=N–C) groups is 2. The third-order valence-electron chi connectivity index (χ3n) is 5.31. The number of halogens is 3. The van der Waals surface area contributed by atoms with Gasteiger partial charge < -0.3 is 11.5 Å².